The third-order valence-electron chi connectivity index (χ3n) is 6.27. The van der Waals surface area contributed by atoms with Gasteiger partial charge in [-0.15, -0.1) is 0 Å². The molecule has 0 saturated carbocycles. The highest BCUT2D eigenvalue weighted by atomic mass is 35.5. The summed E-state index contributed by atoms with van der Waals surface area (Å²) in [4.78, 5) is 14.9. The van der Waals surface area contributed by atoms with E-state index in [1.807, 2.05) is 32.0 Å². The van der Waals surface area contributed by atoms with E-state index in [0.717, 1.165) is 11.1 Å². The lowest BCUT2D eigenvalue weighted by Gasteiger charge is -2.21. The van der Waals surface area contributed by atoms with Crippen molar-refractivity contribution in [2.24, 2.45) is 0 Å². The number of carbonyl (C=O) groups is 1. The van der Waals surface area contributed by atoms with E-state index in [0.29, 0.717) is 12.1 Å². The summed E-state index contributed by atoms with van der Waals surface area (Å²) in [6, 6.07) is 16.9. The molecule has 10 heteroatoms. The largest absolute Gasteiger partial charge is 0.495 e. The van der Waals surface area contributed by atoms with Gasteiger partial charge < -0.3 is 19.1 Å². The Balaban J connectivity index is 1.54. The van der Waals surface area contributed by atoms with Crippen LogP contribution in [-0.2, 0) is 14.8 Å². The highest BCUT2D eigenvalue weighted by Gasteiger charge is 2.38. The van der Waals surface area contributed by atoms with Gasteiger partial charge in [-0.1, -0.05) is 47.5 Å². The quantitative estimate of drug-likeness (QED) is 0.442. The first-order chi connectivity index (χ1) is 17.6. The number of anilines is 1. The number of rotatable bonds is 8. The average Bonchev–Trinajstić information content (AvgIpc) is 3.30. The van der Waals surface area contributed by atoms with Gasteiger partial charge in [-0.3, -0.25) is 9.52 Å². The van der Waals surface area contributed by atoms with Crippen molar-refractivity contribution < 1.29 is 27.4 Å². The van der Waals surface area contributed by atoms with Crippen molar-refractivity contribution in [3.63, 3.8) is 0 Å². The molecule has 2 atom stereocenters. The van der Waals surface area contributed by atoms with Gasteiger partial charge in [0.15, 0.2) is 0 Å². The number of hydrogen-bond donors (Lipinski definition) is 1. The number of para-hydroxylation sites is 1. The van der Waals surface area contributed by atoms with Crippen LogP contribution in [0.1, 0.15) is 21.5 Å². The Morgan fingerprint density at radius 3 is 2.41 bits per heavy atom. The second kappa shape index (κ2) is 11.0. The normalized spacial score (nSPS) is 17.5. The molecule has 0 bridgehead atoms. The van der Waals surface area contributed by atoms with Crippen molar-refractivity contribution in [1.82, 2.24) is 4.90 Å². The van der Waals surface area contributed by atoms with Gasteiger partial charge in [0.1, 0.15) is 33.6 Å². The van der Waals surface area contributed by atoms with E-state index in [4.69, 9.17) is 25.8 Å². The number of hydrogen-bond acceptors (Lipinski definition) is 6. The third-order valence-corrected chi connectivity index (χ3v) is 8.07. The molecule has 3 aromatic carbocycles. The number of amides is 1. The van der Waals surface area contributed by atoms with Crippen LogP contribution >= 0.6 is 11.6 Å². The van der Waals surface area contributed by atoms with E-state index in [1.165, 1.54) is 13.2 Å². The van der Waals surface area contributed by atoms with Crippen LogP contribution in [-0.4, -0.2) is 58.7 Å². The molecule has 8 nitrogen and oxygen atoms in total. The zero-order valence-electron chi connectivity index (χ0n) is 21.0. The molecule has 1 fully saturated rings. The average molecular weight is 545 g/mol. The van der Waals surface area contributed by atoms with Crippen LogP contribution < -0.4 is 14.2 Å². The maximum absolute atomic E-state index is 13.2. The molecule has 0 aromatic heterocycles. The summed E-state index contributed by atoms with van der Waals surface area (Å²) in [5.74, 6) is 0.384. The molecule has 1 heterocycles. The molecule has 196 valence electrons. The second-order valence-corrected chi connectivity index (χ2v) is 10.9. The Morgan fingerprint density at radius 1 is 0.973 bits per heavy atom. The van der Waals surface area contributed by atoms with Gasteiger partial charge in [0.2, 0.25) is 0 Å². The van der Waals surface area contributed by atoms with Gasteiger partial charge in [0, 0.05) is 12.7 Å². The maximum atomic E-state index is 13.2. The van der Waals surface area contributed by atoms with Crippen molar-refractivity contribution in [3.05, 3.63) is 82.4 Å². The van der Waals surface area contributed by atoms with E-state index >= 15 is 0 Å². The molecule has 1 amide bonds. The first-order valence-electron chi connectivity index (χ1n) is 11.6. The molecular weight excluding hydrogens is 516 g/mol. The molecule has 4 rings (SSSR count). The summed E-state index contributed by atoms with van der Waals surface area (Å²) in [6.07, 6.45) is -0.892. The molecule has 2 unspecified atom stereocenters. The predicted molar refractivity (Wildman–Crippen MR) is 142 cm³/mol. The summed E-state index contributed by atoms with van der Waals surface area (Å²) in [6.45, 7) is 4.49. The van der Waals surface area contributed by atoms with Crippen LogP contribution in [0.4, 0.5) is 5.69 Å². The first-order valence-corrected chi connectivity index (χ1v) is 13.5. The number of nitrogens with zero attached hydrogens (tertiary/aromatic N) is 1. The number of nitrogens with one attached hydrogen (secondary N) is 1. The number of halogens is 1. The van der Waals surface area contributed by atoms with E-state index < -0.39 is 16.1 Å². The van der Waals surface area contributed by atoms with Gasteiger partial charge in [0.05, 0.1) is 25.9 Å². The Bertz CT molecular complexity index is 1410. The van der Waals surface area contributed by atoms with E-state index in [2.05, 4.69) is 4.72 Å². The van der Waals surface area contributed by atoms with Crippen LogP contribution in [0.3, 0.4) is 0 Å². The van der Waals surface area contributed by atoms with E-state index in [9.17, 15) is 13.2 Å². The van der Waals surface area contributed by atoms with Crippen LogP contribution in [0.25, 0.3) is 0 Å². The van der Waals surface area contributed by atoms with Crippen LogP contribution in [0.2, 0.25) is 5.02 Å². The summed E-state index contributed by atoms with van der Waals surface area (Å²) >= 11 is 6.57. The van der Waals surface area contributed by atoms with Crippen molar-refractivity contribution >= 4 is 33.2 Å². The van der Waals surface area contributed by atoms with Gasteiger partial charge in [-0.2, -0.15) is 0 Å². The number of aryl methyl sites for hydroxylation is 2. The van der Waals surface area contributed by atoms with Crippen LogP contribution in [0.5, 0.6) is 11.5 Å². The molecule has 1 N–H and O–H groups in total. The fraction of sp³-hybridized carbons (Fsp3) is 0.296. The summed E-state index contributed by atoms with van der Waals surface area (Å²) in [5, 5.41) is 0.0927. The molecule has 1 aliphatic heterocycles. The molecule has 0 radical (unpaired) electrons. The predicted octanol–water partition coefficient (Wildman–Crippen LogP) is 4.68. The molecular formula is C27H29ClN2O6S. The number of carbonyl (C=O) groups excluding carboxylic acids is 1. The Morgan fingerprint density at radius 2 is 1.68 bits per heavy atom. The Hall–Kier alpha value is -3.27. The van der Waals surface area contributed by atoms with Crippen LogP contribution in [0, 0.1) is 13.8 Å². The lowest BCUT2D eigenvalue weighted by Crippen LogP contribution is -2.32. The number of likely N-dealkylation sites (tertiary alicyclic amines) is 1. The van der Waals surface area contributed by atoms with Crippen molar-refractivity contribution in [1.29, 1.82) is 0 Å². The molecule has 37 heavy (non-hydrogen) atoms. The second-order valence-electron chi connectivity index (χ2n) is 8.83. The fourth-order valence-electron chi connectivity index (χ4n) is 4.27. The highest BCUT2D eigenvalue weighted by Crippen LogP contribution is 2.36. The maximum Gasteiger partial charge on any atom is 0.265 e. The van der Waals surface area contributed by atoms with Crippen molar-refractivity contribution in [3.8, 4) is 11.5 Å². The topological polar surface area (TPSA) is 94.2 Å². The van der Waals surface area contributed by atoms with E-state index in [-0.39, 0.29) is 45.7 Å². The van der Waals surface area contributed by atoms with Gasteiger partial charge >= 0.3 is 0 Å². The molecule has 0 spiro atoms. The number of methoxy groups -OCH3 is 2. The minimum Gasteiger partial charge on any atom is -0.495 e. The van der Waals surface area contributed by atoms with Crippen molar-refractivity contribution in [2.45, 2.75) is 31.0 Å². The highest BCUT2D eigenvalue weighted by molar-refractivity contribution is 7.92. The zero-order valence-corrected chi connectivity index (χ0v) is 22.6. The number of benzene rings is 3. The molecule has 0 aliphatic carbocycles. The smallest absolute Gasteiger partial charge is 0.265 e. The molecule has 1 saturated heterocycles. The van der Waals surface area contributed by atoms with Gasteiger partial charge in [-0.25, -0.2) is 8.42 Å². The SMILES string of the molecule is COc1ccccc1S(=O)(=O)Nc1cccc(OC2CN(C(=O)c3cc(C)ccc3C)CC2OC)c1Cl. The Labute approximate surface area is 222 Å². The first kappa shape index (κ1) is 26.8. The zero-order chi connectivity index (χ0) is 26.7. The van der Waals surface area contributed by atoms with Gasteiger partial charge in [-0.05, 0) is 49.7 Å². The fourth-order valence-corrected chi connectivity index (χ4v) is 5.79. The summed E-state index contributed by atoms with van der Waals surface area (Å²) < 4.78 is 45.6. The molecule has 1 aliphatic rings. The minimum atomic E-state index is -3.99. The number of sulfonamides is 1. The lowest BCUT2D eigenvalue weighted by atomic mass is 10.0. The molecule has 3 aromatic rings. The van der Waals surface area contributed by atoms with Crippen molar-refractivity contribution in [2.75, 3.05) is 32.0 Å². The monoisotopic (exact) mass is 544 g/mol. The standard InChI is InChI=1S/C27H29ClN2O6S/c1-17-12-13-18(2)19(14-17)27(31)30-15-23(35-4)24(16-30)36-22-10-7-8-20(26(22)28)29-37(32,33)25-11-6-5-9-21(25)34-3/h5-14,23-24,29H,15-16H2,1-4H3. The number of ether oxygens (including phenoxy) is 3. The minimum absolute atomic E-state index is 0.0178. The van der Waals surface area contributed by atoms with Crippen LogP contribution in [0.15, 0.2) is 65.6 Å². The van der Waals surface area contributed by atoms with Gasteiger partial charge in [0.25, 0.3) is 15.9 Å². The summed E-state index contributed by atoms with van der Waals surface area (Å²) in [5.41, 5.74) is 2.69. The lowest BCUT2D eigenvalue weighted by molar-refractivity contribution is 0.0340. The summed E-state index contributed by atoms with van der Waals surface area (Å²) in [7, 11) is -1.03. The Kier molecular flexibility index (Phi) is 7.96. The third kappa shape index (κ3) is 5.69. The van der Waals surface area contributed by atoms with E-state index in [1.54, 1.807) is 48.4 Å².